The maximum Gasteiger partial charge on any atom is 0.275 e. The zero-order valence-electron chi connectivity index (χ0n) is 17.9. The second-order valence-corrected chi connectivity index (χ2v) is 7.25. The second-order valence-electron chi connectivity index (χ2n) is 7.25. The van der Waals surface area contributed by atoms with E-state index in [1.165, 1.54) is 7.11 Å². The Hall–Kier alpha value is -4.06. The van der Waals surface area contributed by atoms with Crippen molar-refractivity contribution in [1.82, 2.24) is 15.1 Å². The maximum atomic E-state index is 12.6. The highest BCUT2D eigenvalue weighted by atomic mass is 16.5. The fourth-order valence-electron chi connectivity index (χ4n) is 3.28. The van der Waals surface area contributed by atoms with Crippen LogP contribution in [0.4, 0.5) is 0 Å². The molecule has 0 aliphatic rings. The summed E-state index contributed by atoms with van der Waals surface area (Å²) in [5.41, 5.74) is 3.36. The highest BCUT2D eigenvalue weighted by Crippen LogP contribution is 2.19. The predicted molar refractivity (Wildman–Crippen MR) is 123 cm³/mol. The van der Waals surface area contributed by atoms with Crippen molar-refractivity contribution in [2.24, 2.45) is 0 Å². The molecule has 6 nitrogen and oxygen atoms in total. The van der Waals surface area contributed by atoms with Gasteiger partial charge in [0.15, 0.2) is 11.4 Å². The fraction of sp³-hybridized carbons (Fsp3) is 0.154. The summed E-state index contributed by atoms with van der Waals surface area (Å²) >= 11 is 0. The first-order valence-electron chi connectivity index (χ1n) is 10.5. The van der Waals surface area contributed by atoms with Gasteiger partial charge in [0.05, 0.1) is 19.0 Å². The third-order valence-electron chi connectivity index (χ3n) is 5.01. The Balaban J connectivity index is 1.30. The van der Waals surface area contributed by atoms with Crippen LogP contribution in [0.3, 0.4) is 0 Å². The number of carbonyl (C=O) groups excluding carboxylic acids is 1. The molecule has 1 N–H and O–H groups in total. The lowest BCUT2D eigenvalue weighted by Crippen LogP contribution is -2.26. The van der Waals surface area contributed by atoms with Crippen LogP contribution in [-0.4, -0.2) is 29.3 Å². The number of amides is 1. The van der Waals surface area contributed by atoms with Crippen molar-refractivity contribution >= 4 is 5.91 Å². The van der Waals surface area contributed by atoms with E-state index in [9.17, 15) is 4.79 Å². The first-order valence-corrected chi connectivity index (χ1v) is 10.5. The molecule has 162 valence electrons. The lowest BCUT2D eigenvalue weighted by atomic mass is 10.1. The molecular formula is C26H25N3O3. The van der Waals surface area contributed by atoms with Gasteiger partial charge < -0.3 is 14.8 Å². The van der Waals surface area contributed by atoms with Crippen LogP contribution in [-0.2, 0) is 13.0 Å². The number of benzene rings is 3. The Labute approximate surface area is 187 Å². The minimum atomic E-state index is -0.264. The maximum absolute atomic E-state index is 12.6. The van der Waals surface area contributed by atoms with Crippen LogP contribution >= 0.6 is 0 Å². The average Bonchev–Trinajstić information content (AvgIpc) is 3.29. The Kier molecular flexibility index (Phi) is 6.82. The zero-order valence-corrected chi connectivity index (χ0v) is 17.9. The smallest absolute Gasteiger partial charge is 0.275 e. The van der Waals surface area contributed by atoms with Gasteiger partial charge in [-0.05, 0) is 41.8 Å². The van der Waals surface area contributed by atoms with E-state index < -0.39 is 0 Å². The van der Waals surface area contributed by atoms with Gasteiger partial charge in [0, 0.05) is 6.54 Å². The van der Waals surface area contributed by atoms with Crippen molar-refractivity contribution in [1.29, 1.82) is 0 Å². The van der Waals surface area contributed by atoms with Gasteiger partial charge in [-0.25, -0.2) is 4.68 Å². The van der Waals surface area contributed by atoms with E-state index in [1.54, 1.807) is 10.9 Å². The van der Waals surface area contributed by atoms with Crippen molar-refractivity contribution in [2.45, 2.75) is 13.0 Å². The number of rotatable bonds is 9. The zero-order chi connectivity index (χ0) is 22.2. The first kappa shape index (κ1) is 21.2. The number of methoxy groups -OCH3 is 1. The lowest BCUT2D eigenvalue weighted by molar-refractivity contribution is 0.0945. The van der Waals surface area contributed by atoms with Crippen LogP contribution in [0.2, 0.25) is 0 Å². The third-order valence-corrected chi connectivity index (χ3v) is 5.01. The molecule has 0 bridgehead atoms. The van der Waals surface area contributed by atoms with E-state index in [0.717, 1.165) is 22.6 Å². The number of ether oxygens (including phenoxy) is 2. The third kappa shape index (κ3) is 5.35. The monoisotopic (exact) mass is 427 g/mol. The van der Waals surface area contributed by atoms with Gasteiger partial charge in [0.1, 0.15) is 12.4 Å². The largest absolute Gasteiger partial charge is 0.493 e. The normalized spacial score (nSPS) is 10.5. The van der Waals surface area contributed by atoms with Crippen LogP contribution < -0.4 is 14.8 Å². The number of carbonyl (C=O) groups is 1. The summed E-state index contributed by atoms with van der Waals surface area (Å²) < 4.78 is 12.8. The molecule has 0 atom stereocenters. The number of para-hydroxylation sites is 1. The molecular weight excluding hydrogens is 402 g/mol. The highest BCUT2D eigenvalue weighted by Gasteiger charge is 2.18. The number of nitrogens with one attached hydrogen (secondary N) is 1. The van der Waals surface area contributed by atoms with Crippen molar-refractivity contribution in [2.75, 3.05) is 13.7 Å². The number of nitrogens with zero attached hydrogens (tertiary/aromatic N) is 2. The van der Waals surface area contributed by atoms with E-state index in [2.05, 4.69) is 10.4 Å². The molecule has 0 unspecified atom stereocenters. The van der Waals surface area contributed by atoms with E-state index in [0.29, 0.717) is 25.3 Å². The summed E-state index contributed by atoms with van der Waals surface area (Å²) in [6.07, 6.45) is 2.41. The molecule has 1 heterocycles. The van der Waals surface area contributed by atoms with Crippen LogP contribution in [0.25, 0.3) is 5.69 Å². The van der Waals surface area contributed by atoms with Crippen molar-refractivity contribution < 1.29 is 14.3 Å². The molecule has 0 saturated carbocycles. The van der Waals surface area contributed by atoms with Crippen molar-refractivity contribution in [3.63, 3.8) is 0 Å². The van der Waals surface area contributed by atoms with Gasteiger partial charge >= 0.3 is 0 Å². The van der Waals surface area contributed by atoms with Crippen molar-refractivity contribution in [3.05, 3.63) is 108 Å². The standard InChI is InChI=1S/C26H25N3O3/c1-31-24-18-29(22-10-6-3-7-11-22)28-25(24)26(30)27-17-16-20-12-14-23(15-13-20)32-19-21-8-4-2-5-9-21/h2-15,18H,16-17,19H2,1H3,(H,27,30). The summed E-state index contributed by atoms with van der Waals surface area (Å²) in [6, 6.07) is 27.6. The Morgan fingerprint density at radius 1 is 0.906 bits per heavy atom. The summed E-state index contributed by atoms with van der Waals surface area (Å²) in [4.78, 5) is 12.6. The molecule has 0 fully saturated rings. The molecule has 32 heavy (non-hydrogen) atoms. The Bertz CT molecular complexity index is 1140. The molecule has 0 spiro atoms. The quantitative estimate of drug-likeness (QED) is 0.429. The molecule has 3 aromatic carbocycles. The van der Waals surface area contributed by atoms with E-state index >= 15 is 0 Å². The minimum Gasteiger partial charge on any atom is -0.493 e. The average molecular weight is 428 g/mol. The number of hydrogen-bond donors (Lipinski definition) is 1. The summed E-state index contributed by atoms with van der Waals surface area (Å²) in [6.45, 7) is 1.03. The SMILES string of the molecule is COc1cn(-c2ccccc2)nc1C(=O)NCCc1ccc(OCc2ccccc2)cc1. The molecule has 0 saturated heterocycles. The van der Waals surface area contributed by atoms with Gasteiger partial charge in [-0.2, -0.15) is 5.10 Å². The molecule has 0 aliphatic carbocycles. The van der Waals surface area contributed by atoms with Gasteiger partial charge in [-0.3, -0.25) is 4.79 Å². The summed E-state index contributed by atoms with van der Waals surface area (Å²) in [5.74, 6) is 0.989. The Morgan fingerprint density at radius 3 is 2.28 bits per heavy atom. The summed E-state index contributed by atoms with van der Waals surface area (Å²) in [5, 5.41) is 7.32. The molecule has 4 rings (SSSR count). The van der Waals surface area contributed by atoms with Gasteiger partial charge in [-0.1, -0.05) is 60.7 Å². The highest BCUT2D eigenvalue weighted by molar-refractivity contribution is 5.94. The lowest BCUT2D eigenvalue weighted by Gasteiger charge is -2.08. The second kappa shape index (κ2) is 10.3. The summed E-state index contributed by atoms with van der Waals surface area (Å²) in [7, 11) is 1.53. The molecule has 1 amide bonds. The van der Waals surface area contributed by atoms with Gasteiger partial charge in [0.25, 0.3) is 5.91 Å². The predicted octanol–water partition coefficient (Wildman–Crippen LogP) is 4.43. The molecule has 6 heteroatoms. The van der Waals surface area contributed by atoms with Crippen LogP contribution in [0.1, 0.15) is 21.6 Å². The van der Waals surface area contributed by atoms with Gasteiger partial charge in [0.2, 0.25) is 0 Å². The van der Waals surface area contributed by atoms with E-state index in [4.69, 9.17) is 9.47 Å². The van der Waals surface area contributed by atoms with Crippen LogP contribution in [0.5, 0.6) is 11.5 Å². The van der Waals surface area contributed by atoms with Crippen molar-refractivity contribution in [3.8, 4) is 17.2 Å². The topological polar surface area (TPSA) is 65.4 Å². The Morgan fingerprint density at radius 2 is 1.59 bits per heavy atom. The fourth-order valence-corrected chi connectivity index (χ4v) is 3.28. The van der Waals surface area contributed by atoms with Crippen LogP contribution in [0, 0.1) is 0 Å². The minimum absolute atomic E-state index is 0.264. The first-order chi connectivity index (χ1) is 15.7. The molecule has 4 aromatic rings. The number of aromatic nitrogens is 2. The molecule has 1 aromatic heterocycles. The molecule has 0 radical (unpaired) electrons. The van der Waals surface area contributed by atoms with E-state index in [-0.39, 0.29) is 11.6 Å². The molecule has 0 aliphatic heterocycles. The van der Waals surface area contributed by atoms with Gasteiger partial charge in [-0.15, -0.1) is 0 Å². The number of hydrogen-bond acceptors (Lipinski definition) is 4. The van der Waals surface area contributed by atoms with E-state index in [1.807, 2.05) is 84.9 Å². The van der Waals surface area contributed by atoms with Crippen LogP contribution in [0.15, 0.2) is 91.1 Å².